The Hall–Kier alpha value is -3.00. The first-order chi connectivity index (χ1) is 13.0. The van der Waals surface area contributed by atoms with E-state index >= 15 is 0 Å². The van der Waals surface area contributed by atoms with Crippen molar-refractivity contribution in [3.8, 4) is 0 Å². The molecule has 8 heteroatoms. The highest BCUT2D eigenvalue weighted by atomic mass is 32.1. The molecule has 0 unspecified atom stereocenters. The molecule has 0 radical (unpaired) electrons. The molecule has 3 amide bonds. The molecule has 7 nitrogen and oxygen atoms in total. The van der Waals surface area contributed by atoms with Crippen LogP contribution >= 0.6 is 11.3 Å². The van der Waals surface area contributed by atoms with E-state index in [-0.39, 0.29) is 36.1 Å². The van der Waals surface area contributed by atoms with Crippen LogP contribution in [0.15, 0.2) is 41.8 Å². The van der Waals surface area contributed by atoms with Crippen molar-refractivity contribution in [1.29, 1.82) is 0 Å². The van der Waals surface area contributed by atoms with Gasteiger partial charge in [0.1, 0.15) is 0 Å². The van der Waals surface area contributed by atoms with Gasteiger partial charge in [0.05, 0.1) is 11.3 Å². The first kappa shape index (κ1) is 18.8. The molecule has 140 valence electrons. The van der Waals surface area contributed by atoms with Crippen molar-refractivity contribution in [1.82, 2.24) is 5.32 Å². The number of rotatable bonds is 7. The molecule has 1 N–H and O–H groups in total. The van der Waals surface area contributed by atoms with Crippen LogP contribution in [0.3, 0.4) is 0 Å². The average Bonchev–Trinajstić information content (AvgIpc) is 3.29. The quantitative estimate of drug-likeness (QED) is 0.580. The van der Waals surface area contributed by atoms with Gasteiger partial charge in [-0.1, -0.05) is 12.1 Å². The van der Waals surface area contributed by atoms with Crippen LogP contribution in [0.4, 0.5) is 5.69 Å². The second-order valence-corrected chi connectivity index (χ2v) is 6.96. The van der Waals surface area contributed by atoms with Gasteiger partial charge in [0.15, 0.2) is 6.61 Å². The van der Waals surface area contributed by atoms with Gasteiger partial charge < -0.3 is 10.1 Å². The average molecular weight is 386 g/mol. The molecule has 1 aliphatic heterocycles. The molecule has 1 saturated heterocycles. The number of carbonyl (C=O) groups is 4. The topological polar surface area (TPSA) is 92.8 Å². The third kappa shape index (κ3) is 4.79. The summed E-state index contributed by atoms with van der Waals surface area (Å²) in [5, 5.41) is 4.66. The fourth-order valence-corrected chi connectivity index (χ4v) is 3.39. The molecule has 3 rings (SSSR count). The van der Waals surface area contributed by atoms with Crippen LogP contribution in [0.2, 0.25) is 0 Å². The fraction of sp³-hybridized carbons (Fsp3) is 0.263. The van der Waals surface area contributed by atoms with Gasteiger partial charge in [-0.3, -0.25) is 19.3 Å². The summed E-state index contributed by atoms with van der Waals surface area (Å²) in [7, 11) is 0. The number of ether oxygens (including phenoxy) is 1. The van der Waals surface area contributed by atoms with Crippen molar-refractivity contribution in [3.05, 3.63) is 52.2 Å². The van der Waals surface area contributed by atoms with E-state index in [9.17, 15) is 19.2 Å². The smallest absolute Gasteiger partial charge is 0.338 e. The van der Waals surface area contributed by atoms with Crippen LogP contribution in [0.25, 0.3) is 0 Å². The van der Waals surface area contributed by atoms with Gasteiger partial charge in [-0.2, -0.15) is 0 Å². The lowest BCUT2D eigenvalue weighted by molar-refractivity contribution is -0.124. The Morgan fingerprint density at radius 3 is 2.59 bits per heavy atom. The molecule has 1 fully saturated rings. The second-order valence-electron chi connectivity index (χ2n) is 5.93. The Labute approximate surface area is 159 Å². The minimum atomic E-state index is -0.690. The molecule has 1 aromatic heterocycles. The van der Waals surface area contributed by atoms with Crippen LogP contribution in [0, 0.1) is 0 Å². The number of benzene rings is 1. The second kappa shape index (κ2) is 8.59. The van der Waals surface area contributed by atoms with E-state index in [0.717, 1.165) is 16.2 Å². The first-order valence-electron chi connectivity index (χ1n) is 8.46. The maximum atomic E-state index is 12.2. The van der Waals surface area contributed by atoms with Crippen molar-refractivity contribution in [3.63, 3.8) is 0 Å². The van der Waals surface area contributed by atoms with Crippen molar-refractivity contribution in [2.75, 3.05) is 18.1 Å². The lowest BCUT2D eigenvalue weighted by Crippen LogP contribution is -2.30. The Morgan fingerprint density at radius 1 is 1.11 bits per heavy atom. The maximum Gasteiger partial charge on any atom is 0.338 e. The van der Waals surface area contributed by atoms with E-state index < -0.39 is 12.6 Å². The summed E-state index contributed by atoms with van der Waals surface area (Å²) in [5.74, 6) is -1.67. The maximum absolute atomic E-state index is 12.2. The SMILES string of the molecule is O=C(COC(=O)c1cccc(N2C(=O)CCC2=O)c1)NCCc1cccs1. The van der Waals surface area contributed by atoms with E-state index in [1.807, 2.05) is 17.5 Å². The number of amides is 3. The van der Waals surface area contributed by atoms with Gasteiger partial charge in [-0.25, -0.2) is 4.79 Å². The largest absolute Gasteiger partial charge is 0.452 e. The number of nitrogens with one attached hydrogen (secondary N) is 1. The predicted octanol–water partition coefficient (Wildman–Crippen LogP) is 1.92. The first-order valence-corrected chi connectivity index (χ1v) is 9.34. The standard InChI is InChI=1S/C19H18N2O5S/c22-16(20-9-8-15-5-2-10-27-15)12-26-19(25)13-3-1-4-14(11-13)21-17(23)6-7-18(21)24/h1-5,10-11H,6-9,12H2,(H,20,22). The fourth-order valence-electron chi connectivity index (χ4n) is 2.68. The monoisotopic (exact) mass is 386 g/mol. The third-order valence-corrected chi connectivity index (χ3v) is 4.94. The highest BCUT2D eigenvalue weighted by Crippen LogP contribution is 2.23. The summed E-state index contributed by atoms with van der Waals surface area (Å²) in [6.07, 6.45) is 1.05. The van der Waals surface area contributed by atoms with Crippen LogP contribution in [-0.2, 0) is 25.5 Å². The number of hydrogen-bond donors (Lipinski definition) is 1. The van der Waals surface area contributed by atoms with Crippen molar-refractivity contribution >= 4 is 40.7 Å². The molecule has 1 aromatic carbocycles. The van der Waals surface area contributed by atoms with E-state index in [2.05, 4.69) is 5.32 Å². The molecular weight excluding hydrogens is 368 g/mol. The van der Waals surface area contributed by atoms with Crippen LogP contribution < -0.4 is 10.2 Å². The van der Waals surface area contributed by atoms with Gasteiger partial charge >= 0.3 is 5.97 Å². The molecule has 2 aromatic rings. The zero-order chi connectivity index (χ0) is 19.2. The van der Waals surface area contributed by atoms with Crippen LogP contribution in [0.5, 0.6) is 0 Å². The third-order valence-electron chi connectivity index (χ3n) is 4.00. The van der Waals surface area contributed by atoms with Crippen molar-refractivity contribution in [2.45, 2.75) is 19.3 Å². The molecular formula is C19H18N2O5S. The minimum Gasteiger partial charge on any atom is -0.452 e. The van der Waals surface area contributed by atoms with Gasteiger partial charge in [0.25, 0.3) is 5.91 Å². The molecule has 0 saturated carbocycles. The normalized spacial score (nSPS) is 13.7. The number of anilines is 1. The van der Waals surface area contributed by atoms with E-state index in [1.54, 1.807) is 23.5 Å². The van der Waals surface area contributed by atoms with E-state index in [0.29, 0.717) is 12.2 Å². The molecule has 2 heterocycles. The van der Waals surface area contributed by atoms with Gasteiger partial charge in [-0.05, 0) is 36.1 Å². The highest BCUT2D eigenvalue weighted by Gasteiger charge is 2.30. The number of imide groups is 1. The summed E-state index contributed by atoms with van der Waals surface area (Å²) in [5.41, 5.74) is 0.503. The summed E-state index contributed by atoms with van der Waals surface area (Å²) in [6.45, 7) is 0.0701. The summed E-state index contributed by atoms with van der Waals surface area (Å²) in [4.78, 5) is 49.8. The zero-order valence-electron chi connectivity index (χ0n) is 14.5. The molecule has 0 atom stereocenters. The molecule has 0 aliphatic carbocycles. The molecule has 0 bridgehead atoms. The number of nitrogens with zero attached hydrogens (tertiary/aromatic N) is 1. The molecule has 27 heavy (non-hydrogen) atoms. The Balaban J connectivity index is 1.50. The molecule has 0 spiro atoms. The van der Waals surface area contributed by atoms with Gasteiger partial charge in [0, 0.05) is 24.3 Å². The Kier molecular flexibility index (Phi) is 5.97. The zero-order valence-corrected chi connectivity index (χ0v) is 15.3. The lowest BCUT2D eigenvalue weighted by Gasteiger charge is -2.14. The Bertz CT molecular complexity index is 847. The predicted molar refractivity (Wildman–Crippen MR) is 99.5 cm³/mol. The van der Waals surface area contributed by atoms with Crippen molar-refractivity contribution in [2.24, 2.45) is 0 Å². The number of carbonyl (C=O) groups excluding carboxylic acids is 4. The van der Waals surface area contributed by atoms with E-state index in [1.165, 1.54) is 12.1 Å². The van der Waals surface area contributed by atoms with E-state index in [4.69, 9.17) is 4.74 Å². The van der Waals surface area contributed by atoms with Crippen LogP contribution in [-0.4, -0.2) is 36.8 Å². The number of thiophene rings is 1. The number of hydrogen-bond acceptors (Lipinski definition) is 6. The Morgan fingerprint density at radius 2 is 1.89 bits per heavy atom. The lowest BCUT2D eigenvalue weighted by atomic mass is 10.2. The summed E-state index contributed by atoms with van der Waals surface area (Å²) in [6, 6.07) is 9.99. The summed E-state index contributed by atoms with van der Waals surface area (Å²) >= 11 is 1.61. The number of esters is 1. The van der Waals surface area contributed by atoms with Gasteiger partial charge in [0.2, 0.25) is 11.8 Å². The van der Waals surface area contributed by atoms with Gasteiger partial charge in [-0.15, -0.1) is 11.3 Å². The van der Waals surface area contributed by atoms with Crippen LogP contribution in [0.1, 0.15) is 28.1 Å². The van der Waals surface area contributed by atoms with Crippen molar-refractivity contribution < 1.29 is 23.9 Å². The minimum absolute atomic E-state index is 0.166. The summed E-state index contributed by atoms with van der Waals surface area (Å²) < 4.78 is 5.01. The highest BCUT2D eigenvalue weighted by molar-refractivity contribution is 7.09. The molecule has 1 aliphatic rings.